The number of piperidine rings is 1. The van der Waals surface area contributed by atoms with Crippen molar-refractivity contribution in [2.75, 3.05) is 13.1 Å². The quantitative estimate of drug-likeness (QED) is 0.888. The number of hydrogen-bond donors (Lipinski definition) is 1. The van der Waals surface area contributed by atoms with Crippen LogP contribution in [0.2, 0.25) is 0 Å². The third-order valence-corrected chi connectivity index (χ3v) is 5.19. The van der Waals surface area contributed by atoms with Crippen LogP contribution in [0.15, 0.2) is 22.5 Å². The molecule has 3 atom stereocenters. The third kappa shape index (κ3) is 2.14. The Balaban J connectivity index is 1.67. The van der Waals surface area contributed by atoms with Gasteiger partial charge >= 0.3 is 0 Å². The Bertz CT molecular complexity index is 426. The number of thiophene rings is 1. The number of guanidine groups is 1. The fourth-order valence-electron chi connectivity index (χ4n) is 2.99. The first-order valence-electron chi connectivity index (χ1n) is 6.86. The molecule has 1 saturated heterocycles. The van der Waals surface area contributed by atoms with E-state index in [2.05, 4.69) is 41.6 Å². The maximum Gasteiger partial charge on any atom is 0.194 e. The predicted octanol–water partition coefficient (Wildman–Crippen LogP) is 2.87. The maximum absolute atomic E-state index is 4.72. The van der Waals surface area contributed by atoms with Crippen molar-refractivity contribution >= 4 is 17.3 Å². The summed E-state index contributed by atoms with van der Waals surface area (Å²) in [6, 6.07) is 5.30. The summed E-state index contributed by atoms with van der Waals surface area (Å²) in [6.45, 7) is 6.71. The molecule has 1 aromatic heterocycles. The zero-order chi connectivity index (χ0) is 12.5. The normalized spacial score (nSPS) is 28.8. The van der Waals surface area contributed by atoms with Crippen LogP contribution in [0.1, 0.15) is 37.6 Å². The van der Waals surface area contributed by atoms with Gasteiger partial charge in [-0.05, 0) is 37.1 Å². The number of hydrogen-bond acceptors (Lipinski definition) is 4. The van der Waals surface area contributed by atoms with Crippen LogP contribution < -0.4 is 5.32 Å². The molecule has 1 N–H and O–H groups in total. The van der Waals surface area contributed by atoms with Gasteiger partial charge in [-0.3, -0.25) is 4.99 Å². The van der Waals surface area contributed by atoms with Gasteiger partial charge in [0.15, 0.2) is 5.96 Å². The molecule has 3 rings (SSSR count). The highest BCUT2D eigenvalue weighted by molar-refractivity contribution is 7.10. The van der Waals surface area contributed by atoms with Crippen LogP contribution in [0.3, 0.4) is 0 Å². The second-order valence-electron chi connectivity index (χ2n) is 5.43. The SMILES string of the molecule is CC(NC1=NCC2C(C)CCCN12)c1cccs1. The van der Waals surface area contributed by atoms with Crippen LogP contribution in [-0.2, 0) is 0 Å². The van der Waals surface area contributed by atoms with Gasteiger partial charge in [-0.2, -0.15) is 0 Å². The predicted molar refractivity (Wildman–Crippen MR) is 77.1 cm³/mol. The lowest BCUT2D eigenvalue weighted by Crippen LogP contribution is -2.49. The Morgan fingerprint density at radius 2 is 2.44 bits per heavy atom. The average Bonchev–Trinajstić information content (AvgIpc) is 2.99. The van der Waals surface area contributed by atoms with Gasteiger partial charge < -0.3 is 10.2 Å². The molecule has 2 aliphatic heterocycles. The van der Waals surface area contributed by atoms with E-state index >= 15 is 0 Å². The van der Waals surface area contributed by atoms with E-state index in [1.54, 1.807) is 0 Å². The van der Waals surface area contributed by atoms with Crippen molar-refractivity contribution in [1.29, 1.82) is 0 Å². The Labute approximate surface area is 113 Å². The molecule has 0 radical (unpaired) electrons. The molecule has 0 spiro atoms. The van der Waals surface area contributed by atoms with E-state index in [-0.39, 0.29) is 0 Å². The minimum absolute atomic E-state index is 0.361. The molecule has 1 aromatic rings. The summed E-state index contributed by atoms with van der Waals surface area (Å²) in [5.41, 5.74) is 0. The first kappa shape index (κ1) is 12.0. The number of rotatable bonds is 2. The minimum atomic E-state index is 0.361. The Morgan fingerprint density at radius 1 is 1.56 bits per heavy atom. The second kappa shape index (κ2) is 4.92. The topological polar surface area (TPSA) is 27.6 Å². The highest BCUT2D eigenvalue weighted by atomic mass is 32.1. The largest absolute Gasteiger partial charge is 0.349 e. The lowest BCUT2D eigenvalue weighted by molar-refractivity contribution is 0.194. The third-order valence-electron chi connectivity index (χ3n) is 4.13. The number of nitrogens with one attached hydrogen (secondary N) is 1. The summed E-state index contributed by atoms with van der Waals surface area (Å²) in [4.78, 5) is 8.58. The lowest BCUT2D eigenvalue weighted by Gasteiger charge is -2.37. The van der Waals surface area contributed by atoms with E-state index < -0.39 is 0 Å². The summed E-state index contributed by atoms with van der Waals surface area (Å²) >= 11 is 1.81. The summed E-state index contributed by atoms with van der Waals surface area (Å²) < 4.78 is 0. The van der Waals surface area contributed by atoms with E-state index in [1.807, 2.05) is 11.3 Å². The molecule has 3 heterocycles. The van der Waals surface area contributed by atoms with E-state index in [1.165, 1.54) is 17.7 Å². The highest BCUT2D eigenvalue weighted by Gasteiger charge is 2.34. The van der Waals surface area contributed by atoms with Crippen molar-refractivity contribution in [1.82, 2.24) is 10.2 Å². The van der Waals surface area contributed by atoms with Crippen molar-refractivity contribution in [2.45, 2.75) is 38.8 Å². The molecule has 3 nitrogen and oxygen atoms in total. The smallest absolute Gasteiger partial charge is 0.194 e. The van der Waals surface area contributed by atoms with Crippen molar-refractivity contribution in [3.05, 3.63) is 22.4 Å². The molecule has 4 heteroatoms. The van der Waals surface area contributed by atoms with Gasteiger partial charge in [0, 0.05) is 11.4 Å². The maximum atomic E-state index is 4.72. The number of fused-ring (bicyclic) bond motifs is 1. The minimum Gasteiger partial charge on any atom is -0.349 e. The van der Waals surface area contributed by atoms with Crippen molar-refractivity contribution in [2.24, 2.45) is 10.9 Å². The number of aliphatic imine (C=N–C) groups is 1. The van der Waals surface area contributed by atoms with Gasteiger partial charge in [-0.1, -0.05) is 13.0 Å². The zero-order valence-electron chi connectivity index (χ0n) is 11.1. The van der Waals surface area contributed by atoms with E-state index in [0.717, 1.165) is 25.0 Å². The standard InChI is InChI=1S/C14H21N3S/c1-10-5-3-7-17-12(10)9-15-14(17)16-11(2)13-6-4-8-18-13/h4,6,8,10-12H,3,5,7,9H2,1-2H3,(H,15,16). The van der Waals surface area contributed by atoms with E-state index in [4.69, 9.17) is 4.99 Å². The first-order valence-corrected chi connectivity index (χ1v) is 7.74. The molecule has 1 fully saturated rings. The summed E-state index contributed by atoms with van der Waals surface area (Å²) in [5.74, 6) is 1.89. The van der Waals surface area contributed by atoms with Crippen LogP contribution in [0.25, 0.3) is 0 Å². The molecule has 98 valence electrons. The fraction of sp³-hybridized carbons (Fsp3) is 0.643. The molecule has 3 unspecified atom stereocenters. The molecule has 0 saturated carbocycles. The monoisotopic (exact) mass is 263 g/mol. The second-order valence-corrected chi connectivity index (χ2v) is 6.41. The summed E-state index contributed by atoms with van der Waals surface area (Å²) in [5, 5.41) is 5.72. The first-order chi connectivity index (χ1) is 8.75. The van der Waals surface area contributed by atoms with Crippen molar-refractivity contribution in [3.8, 4) is 0 Å². The van der Waals surface area contributed by atoms with Crippen LogP contribution in [0, 0.1) is 5.92 Å². The van der Waals surface area contributed by atoms with Gasteiger partial charge in [0.05, 0.1) is 18.6 Å². The zero-order valence-corrected chi connectivity index (χ0v) is 11.9. The van der Waals surface area contributed by atoms with E-state index in [9.17, 15) is 0 Å². The van der Waals surface area contributed by atoms with Gasteiger partial charge in [0.2, 0.25) is 0 Å². The molecule has 18 heavy (non-hydrogen) atoms. The molecular formula is C14H21N3S. The van der Waals surface area contributed by atoms with E-state index in [0.29, 0.717) is 12.1 Å². The summed E-state index contributed by atoms with van der Waals surface area (Å²) in [7, 11) is 0. The Hall–Kier alpha value is -1.03. The van der Waals surface area contributed by atoms with Gasteiger partial charge in [-0.15, -0.1) is 11.3 Å². The highest BCUT2D eigenvalue weighted by Crippen LogP contribution is 2.28. The average molecular weight is 263 g/mol. The van der Waals surface area contributed by atoms with Crippen LogP contribution in [-0.4, -0.2) is 30.0 Å². The van der Waals surface area contributed by atoms with Crippen LogP contribution in [0.4, 0.5) is 0 Å². The van der Waals surface area contributed by atoms with Gasteiger partial charge in [-0.25, -0.2) is 0 Å². The van der Waals surface area contributed by atoms with Crippen molar-refractivity contribution < 1.29 is 0 Å². The van der Waals surface area contributed by atoms with Crippen molar-refractivity contribution in [3.63, 3.8) is 0 Å². The Morgan fingerprint density at radius 3 is 3.22 bits per heavy atom. The summed E-state index contributed by atoms with van der Waals surface area (Å²) in [6.07, 6.45) is 2.65. The van der Waals surface area contributed by atoms with Crippen LogP contribution in [0.5, 0.6) is 0 Å². The Kier molecular flexibility index (Phi) is 3.29. The fourth-order valence-corrected chi connectivity index (χ4v) is 3.73. The lowest BCUT2D eigenvalue weighted by atomic mass is 9.92. The molecule has 0 amide bonds. The van der Waals surface area contributed by atoms with Gasteiger partial charge in [0.25, 0.3) is 0 Å². The molecular weight excluding hydrogens is 242 g/mol. The van der Waals surface area contributed by atoms with Gasteiger partial charge in [0.1, 0.15) is 0 Å². The molecule has 2 aliphatic rings. The molecule has 0 aromatic carbocycles. The molecule has 0 aliphatic carbocycles. The van der Waals surface area contributed by atoms with Crippen LogP contribution >= 0.6 is 11.3 Å². The number of nitrogens with zero attached hydrogens (tertiary/aromatic N) is 2. The molecule has 0 bridgehead atoms.